The molecule has 1 N–H and O–H groups in total. The first kappa shape index (κ1) is 19.9. The average Bonchev–Trinajstić information content (AvgIpc) is 3.15. The van der Waals surface area contributed by atoms with Crippen molar-refractivity contribution in [2.45, 2.75) is 25.9 Å². The van der Waals surface area contributed by atoms with Gasteiger partial charge in [-0.2, -0.15) is 0 Å². The minimum Gasteiger partial charge on any atom is -0.345 e. The van der Waals surface area contributed by atoms with Crippen LogP contribution in [0.25, 0.3) is 0 Å². The zero-order valence-electron chi connectivity index (χ0n) is 17.1. The van der Waals surface area contributed by atoms with Gasteiger partial charge in [-0.3, -0.25) is 9.59 Å². The predicted molar refractivity (Wildman–Crippen MR) is 118 cm³/mol. The summed E-state index contributed by atoms with van der Waals surface area (Å²) < 4.78 is 0. The van der Waals surface area contributed by atoms with Crippen molar-refractivity contribution in [1.82, 2.24) is 10.2 Å². The molecule has 0 saturated carbocycles. The lowest BCUT2D eigenvalue weighted by Gasteiger charge is -2.22. The number of hydrogen-bond acceptors (Lipinski definition) is 2. The Morgan fingerprint density at radius 2 is 1.50 bits per heavy atom. The van der Waals surface area contributed by atoms with Crippen molar-refractivity contribution >= 4 is 11.8 Å². The summed E-state index contributed by atoms with van der Waals surface area (Å²) in [7, 11) is 0. The van der Waals surface area contributed by atoms with E-state index in [-0.39, 0.29) is 30.2 Å². The van der Waals surface area contributed by atoms with Crippen molar-refractivity contribution < 1.29 is 9.59 Å². The minimum atomic E-state index is -0.335. The Hall–Kier alpha value is -3.40. The molecule has 3 aromatic carbocycles. The molecule has 0 bridgehead atoms. The summed E-state index contributed by atoms with van der Waals surface area (Å²) >= 11 is 0. The second kappa shape index (κ2) is 8.95. The number of aryl methyl sites for hydroxylation is 1. The lowest BCUT2D eigenvalue weighted by Crippen LogP contribution is -2.36. The summed E-state index contributed by atoms with van der Waals surface area (Å²) in [5, 5.41) is 3.19. The van der Waals surface area contributed by atoms with Gasteiger partial charge in [-0.25, -0.2) is 0 Å². The second-order valence-electron chi connectivity index (χ2n) is 7.92. The smallest absolute Gasteiger partial charge is 0.226 e. The van der Waals surface area contributed by atoms with Crippen molar-refractivity contribution in [3.05, 3.63) is 107 Å². The number of carbonyl (C=O) groups is 2. The van der Waals surface area contributed by atoms with E-state index in [9.17, 15) is 9.59 Å². The molecule has 1 saturated heterocycles. The molecule has 1 fully saturated rings. The molecule has 4 rings (SSSR count). The fraction of sp³-hybridized carbons (Fsp3) is 0.231. The van der Waals surface area contributed by atoms with Gasteiger partial charge < -0.3 is 10.2 Å². The van der Waals surface area contributed by atoms with E-state index < -0.39 is 0 Å². The zero-order valence-corrected chi connectivity index (χ0v) is 17.1. The van der Waals surface area contributed by atoms with Crippen LogP contribution in [0, 0.1) is 12.8 Å². The van der Waals surface area contributed by atoms with Crippen LogP contribution in [0.2, 0.25) is 0 Å². The van der Waals surface area contributed by atoms with E-state index >= 15 is 0 Å². The maximum absolute atomic E-state index is 13.1. The third-order valence-corrected chi connectivity index (χ3v) is 5.63. The number of hydrogen-bond donors (Lipinski definition) is 1. The Labute approximate surface area is 177 Å². The first-order valence-corrected chi connectivity index (χ1v) is 10.3. The van der Waals surface area contributed by atoms with Gasteiger partial charge in [0.25, 0.3) is 0 Å². The molecule has 4 nitrogen and oxygen atoms in total. The Morgan fingerprint density at radius 1 is 0.933 bits per heavy atom. The molecule has 1 atom stereocenters. The Bertz CT molecular complexity index is 961. The fourth-order valence-electron chi connectivity index (χ4n) is 3.92. The molecule has 0 radical (unpaired) electrons. The van der Waals surface area contributed by atoms with Gasteiger partial charge in [0, 0.05) is 19.5 Å². The van der Waals surface area contributed by atoms with Crippen molar-refractivity contribution in [2.24, 2.45) is 5.92 Å². The van der Waals surface area contributed by atoms with E-state index in [0.29, 0.717) is 13.1 Å². The van der Waals surface area contributed by atoms with Gasteiger partial charge in [0.05, 0.1) is 12.0 Å². The summed E-state index contributed by atoms with van der Waals surface area (Å²) in [4.78, 5) is 27.4. The lowest BCUT2D eigenvalue weighted by molar-refractivity contribution is -0.129. The van der Waals surface area contributed by atoms with Crippen LogP contribution in [-0.4, -0.2) is 23.3 Å². The Balaban J connectivity index is 1.46. The van der Waals surface area contributed by atoms with Crippen LogP contribution in [0.5, 0.6) is 0 Å². The normalized spacial score (nSPS) is 16.1. The third kappa shape index (κ3) is 4.60. The van der Waals surface area contributed by atoms with Gasteiger partial charge in [-0.05, 0) is 23.6 Å². The van der Waals surface area contributed by atoms with Gasteiger partial charge in [0.2, 0.25) is 11.8 Å². The van der Waals surface area contributed by atoms with Gasteiger partial charge in [0.1, 0.15) is 0 Å². The van der Waals surface area contributed by atoms with Crippen LogP contribution in [0.15, 0.2) is 84.9 Å². The number of nitrogens with zero attached hydrogens (tertiary/aromatic N) is 1. The largest absolute Gasteiger partial charge is 0.345 e. The quantitative estimate of drug-likeness (QED) is 0.675. The molecule has 1 aliphatic heterocycles. The van der Waals surface area contributed by atoms with Crippen molar-refractivity contribution in [2.75, 3.05) is 6.54 Å². The molecule has 1 heterocycles. The standard InChI is InChI=1S/C26H26N2O2/c1-19-12-14-20(15-13-19)17-28-18-23(16-24(28)29)26(30)27-25(21-8-4-2-5-9-21)22-10-6-3-7-11-22/h2-15,23,25H,16-18H2,1H3,(H,27,30). The highest BCUT2D eigenvalue weighted by molar-refractivity contribution is 5.89. The van der Waals surface area contributed by atoms with Gasteiger partial charge in [-0.1, -0.05) is 90.5 Å². The molecule has 4 heteroatoms. The predicted octanol–water partition coefficient (Wildman–Crippen LogP) is 4.25. The van der Waals surface area contributed by atoms with E-state index in [1.54, 1.807) is 4.90 Å². The first-order chi connectivity index (χ1) is 14.6. The van der Waals surface area contributed by atoms with Crippen molar-refractivity contribution in [3.8, 4) is 0 Å². The molecular weight excluding hydrogens is 372 g/mol. The van der Waals surface area contributed by atoms with Crippen LogP contribution in [-0.2, 0) is 16.1 Å². The van der Waals surface area contributed by atoms with Crippen LogP contribution in [0.1, 0.15) is 34.7 Å². The summed E-state index contributed by atoms with van der Waals surface area (Å²) in [5.74, 6) is -0.378. The highest BCUT2D eigenvalue weighted by Crippen LogP contribution is 2.25. The summed E-state index contributed by atoms with van der Waals surface area (Å²) in [6, 6.07) is 27.8. The Morgan fingerprint density at radius 3 is 2.07 bits per heavy atom. The van der Waals surface area contributed by atoms with E-state index in [0.717, 1.165) is 16.7 Å². The molecule has 2 amide bonds. The lowest BCUT2D eigenvalue weighted by atomic mass is 9.97. The van der Waals surface area contributed by atoms with E-state index in [2.05, 4.69) is 5.32 Å². The summed E-state index contributed by atoms with van der Waals surface area (Å²) in [6.07, 6.45) is 0.258. The number of benzene rings is 3. The number of likely N-dealkylation sites (tertiary alicyclic amines) is 1. The monoisotopic (exact) mass is 398 g/mol. The molecule has 3 aromatic rings. The number of nitrogens with one attached hydrogen (secondary N) is 1. The number of rotatable bonds is 6. The molecule has 0 spiro atoms. The van der Waals surface area contributed by atoms with E-state index in [1.165, 1.54) is 5.56 Å². The second-order valence-corrected chi connectivity index (χ2v) is 7.92. The number of amides is 2. The number of carbonyl (C=O) groups excluding carboxylic acids is 2. The molecule has 152 valence electrons. The maximum atomic E-state index is 13.1. The molecule has 0 aromatic heterocycles. The minimum absolute atomic E-state index is 0.0340. The SMILES string of the molecule is Cc1ccc(CN2CC(C(=O)NC(c3ccccc3)c3ccccc3)CC2=O)cc1. The van der Waals surface area contributed by atoms with Crippen LogP contribution in [0.4, 0.5) is 0 Å². The van der Waals surface area contributed by atoms with Gasteiger partial charge >= 0.3 is 0 Å². The van der Waals surface area contributed by atoms with Crippen LogP contribution >= 0.6 is 0 Å². The maximum Gasteiger partial charge on any atom is 0.226 e. The van der Waals surface area contributed by atoms with Crippen molar-refractivity contribution in [3.63, 3.8) is 0 Å². The fourth-order valence-corrected chi connectivity index (χ4v) is 3.92. The molecular formula is C26H26N2O2. The average molecular weight is 399 g/mol. The van der Waals surface area contributed by atoms with Gasteiger partial charge in [-0.15, -0.1) is 0 Å². The first-order valence-electron chi connectivity index (χ1n) is 10.3. The highest BCUT2D eigenvalue weighted by atomic mass is 16.2. The summed E-state index contributed by atoms with van der Waals surface area (Å²) in [6.45, 7) is 3.04. The molecule has 1 unspecified atom stereocenters. The van der Waals surface area contributed by atoms with Crippen LogP contribution in [0.3, 0.4) is 0 Å². The molecule has 1 aliphatic rings. The topological polar surface area (TPSA) is 49.4 Å². The third-order valence-electron chi connectivity index (χ3n) is 5.63. The van der Waals surface area contributed by atoms with E-state index in [4.69, 9.17) is 0 Å². The summed E-state index contributed by atoms with van der Waals surface area (Å²) in [5.41, 5.74) is 4.33. The van der Waals surface area contributed by atoms with E-state index in [1.807, 2.05) is 91.9 Å². The zero-order chi connectivity index (χ0) is 20.9. The molecule has 0 aliphatic carbocycles. The molecule has 30 heavy (non-hydrogen) atoms. The van der Waals surface area contributed by atoms with Crippen molar-refractivity contribution in [1.29, 1.82) is 0 Å². The highest BCUT2D eigenvalue weighted by Gasteiger charge is 2.35. The van der Waals surface area contributed by atoms with Crippen LogP contribution < -0.4 is 5.32 Å². The van der Waals surface area contributed by atoms with Gasteiger partial charge in [0.15, 0.2) is 0 Å². The Kier molecular flexibility index (Phi) is 5.94.